The number of nitrogens with zero attached hydrogens (tertiary/aromatic N) is 1. The third kappa shape index (κ3) is 4.79. The summed E-state index contributed by atoms with van der Waals surface area (Å²) >= 11 is 0. The van der Waals surface area contributed by atoms with Crippen LogP contribution in [-0.4, -0.2) is 27.4 Å². The first-order valence-corrected chi connectivity index (χ1v) is 9.40. The second-order valence-corrected chi connectivity index (χ2v) is 7.51. The maximum absolute atomic E-state index is 13.1. The first kappa shape index (κ1) is 18.9. The predicted molar refractivity (Wildman–Crippen MR) is 95.4 cm³/mol. The number of carbonyl (C=O) groups excluding carboxylic acids is 1. The van der Waals surface area contributed by atoms with E-state index in [0.29, 0.717) is 12.2 Å². The van der Waals surface area contributed by atoms with Gasteiger partial charge in [0, 0.05) is 6.54 Å². The molecule has 0 aliphatic rings. The van der Waals surface area contributed by atoms with Crippen molar-refractivity contribution >= 4 is 21.6 Å². The molecule has 134 valence electrons. The molecule has 5 nitrogen and oxygen atoms in total. The number of anilines is 1. The van der Waals surface area contributed by atoms with E-state index in [2.05, 4.69) is 5.32 Å². The highest BCUT2D eigenvalue weighted by molar-refractivity contribution is 7.92. The van der Waals surface area contributed by atoms with Crippen LogP contribution in [0.25, 0.3) is 0 Å². The van der Waals surface area contributed by atoms with E-state index in [4.69, 9.17) is 0 Å². The third-order valence-electron chi connectivity index (χ3n) is 3.58. The molecule has 0 aliphatic heterocycles. The number of rotatable bonds is 7. The van der Waals surface area contributed by atoms with Gasteiger partial charge in [0.2, 0.25) is 5.91 Å². The molecule has 2 aromatic rings. The van der Waals surface area contributed by atoms with Crippen molar-refractivity contribution in [1.29, 1.82) is 0 Å². The molecule has 2 aromatic carbocycles. The summed E-state index contributed by atoms with van der Waals surface area (Å²) in [6.45, 7) is 3.92. The number of amides is 1. The van der Waals surface area contributed by atoms with E-state index in [1.165, 1.54) is 12.1 Å². The van der Waals surface area contributed by atoms with E-state index in [1.54, 1.807) is 24.3 Å². The molecule has 0 aromatic heterocycles. The van der Waals surface area contributed by atoms with Gasteiger partial charge in [0.1, 0.15) is 12.4 Å². The van der Waals surface area contributed by atoms with Gasteiger partial charge in [-0.1, -0.05) is 24.6 Å². The first-order chi connectivity index (χ1) is 11.8. The average molecular weight is 364 g/mol. The average Bonchev–Trinajstić information content (AvgIpc) is 2.59. The summed E-state index contributed by atoms with van der Waals surface area (Å²) in [5.41, 5.74) is 1.35. The zero-order chi connectivity index (χ0) is 18.4. The Morgan fingerprint density at radius 1 is 1.08 bits per heavy atom. The highest BCUT2D eigenvalue weighted by Gasteiger charge is 2.27. The number of sulfonamides is 1. The number of aryl methyl sites for hydroxylation is 1. The number of carbonyl (C=O) groups is 1. The molecule has 0 spiro atoms. The van der Waals surface area contributed by atoms with E-state index >= 15 is 0 Å². The van der Waals surface area contributed by atoms with Gasteiger partial charge < -0.3 is 5.32 Å². The van der Waals surface area contributed by atoms with Crippen LogP contribution in [0.3, 0.4) is 0 Å². The minimum atomic E-state index is -4.00. The Bertz CT molecular complexity index is 818. The quantitative estimate of drug-likeness (QED) is 0.821. The van der Waals surface area contributed by atoms with Crippen LogP contribution in [0.5, 0.6) is 0 Å². The molecule has 1 N–H and O–H groups in total. The highest BCUT2D eigenvalue weighted by atomic mass is 32.2. The van der Waals surface area contributed by atoms with Crippen LogP contribution in [0.15, 0.2) is 53.4 Å². The van der Waals surface area contributed by atoms with Gasteiger partial charge in [0.25, 0.3) is 10.0 Å². The zero-order valence-electron chi connectivity index (χ0n) is 14.2. The molecule has 0 atom stereocenters. The smallest absolute Gasteiger partial charge is 0.264 e. The SMILES string of the molecule is CCCNC(=O)CN(c1ccc(C)cc1)S(=O)(=O)c1ccc(F)cc1. The van der Waals surface area contributed by atoms with Crippen molar-refractivity contribution in [3.8, 4) is 0 Å². The molecule has 0 saturated carbocycles. The van der Waals surface area contributed by atoms with Gasteiger partial charge in [-0.25, -0.2) is 12.8 Å². The molecule has 2 rings (SSSR count). The van der Waals surface area contributed by atoms with Crippen LogP contribution in [0, 0.1) is 12.7 Å². The van der Waals surface area contributed by atoms with Gasteiger partial charge in [-0.3, -0.25) is 9.10 Å². The fourth-order valence-corrected chi connectivity index (χ4v) is 3.63. The molecule has 0 heterocycles. The van der Waals surface area contributed by atoms with E-state index in [-0.39, 0.29) is 11.4 Å². The number of halogens is 1. The van der Waals surface area contributed by atoms with Crippen molar-refractivity contribution in [1.82, 2.24) is 5.32 Å². The van der Waals surface area contributed by atoms with Crippen LogP contribution in [-0.2, 0) is 14.8 Å². The summed E-state index contributed by atoms with van der Waals surface area (Å²) in [7, 11) is -4.00. The lowest BCUT2D eigenvalue weighted by Crippen LogP contribution is -2.41. The van der Waals surface area contributed by atoms with Crippen molar-refractivity contribution in [2.75, 3.05) is 17.4 Å². The van der Waals surface area contributed by atoms with Crippen molar-refractivity contribution < 1.29 is 17.6 Å². The van der Waals surface area contributed by atoms with E-state index < -0.39 is 21.7 Å². The number of benzene rings is 2. The standard InChI is InChI=1S/C18H21FN2O3S/c1-3-12-20-18(22)13-21(16-8-4-14(2)5-9-16)25(23,24)17-10-6-15(19)7-11-17/h4-11H,3,12-13H2,1-2H3,(H,20,22). The largest absolute Gasteiger partial charge is 0.355 e. The van der Waals surface area contributed by atoms with Crippen LogP contribution in [0.2, 0.25) is 0 Å². The van der Waals surface area contributed by atoms with Crippen molar-refractivity contribution in [3.05, 3.63) is 59.9 Å². The van der Waals surface area contributed by atoms with Gasteiger partial charge in [0.05, 0.1) is 10.6 Å². The van der Waals surface area contributed by atoms with Crippen molar-refractivity contribution in [2.45, 2.75) is 25.2 Å². The summed E-state index contributed by atoms with van der Waals surface area (Å²) < 4.78 is 40.1. The fourth-order valence-electron chi connectivity index (χ4n) is 2.21. The van der Waals surface area contributed by atoms with Crippen molar-refractivity contribution in [2.24, 2.45) is 0 Å². The molecule has 0 bridgehead atoms. The molecule has 0 aliphatic carbocycles. The number of nitrogens with one attached hydrogen (secondary N) is 1. The Balaban J connectivity index is 2.40. The maximum Gasteiger partial charge on any atom is 0.264 e. The monoisotopic (exact) mass is 364 g/mol. The van der Waals surface area contributed by atoms with Gasteiger partial charge in [-0.15, -0.1) is 0 Å². The summed E-state index contributed by atoms with van der Waals surface area (Å²) in [4.78, 5) is 12.0. The molecule has 1 amide bonds. The second kappa shape index (κ2) is 8.11. The summed E-state index contributed by atoms with van der Waals surface area (Å²) in [6, 6.07) is 11.4. The van der Waals surface area contributed by atoms with Gasteiger partial charge >= 0.3 is 0 Å². The lowest BCUT2D eigenvalue weighted by atomic mass is 10.2. The van der Waals surface area contributed by atoms with Crippen LogP contribution < -0.4 is 9.62 Å². The van der Waals surface area contributed by atoms with Crippen LogP contribution >= 0.6 is 0 Å². The number of hydrogen-bond acceptors (Lipinski definition) is 3. The second-order valence-electron chi connectivity index (χ2n) is 5.65. The van der Waals surface area contributed by atoms with E-state index in [9.17, 15) is 17.6 Å². The van der Waals surface area contributed by atoms with Crippen molar-refractivity contribution in [3.63, 3.8) is 0 Å². The van der Waals surface area contributed by atoms with Gasteiger partial charge in [-0.05, 0) is 49.7 Å². The molecule has 0 fully saturated rings. The lowest BCUT2D eigenvalue weighted by Gasteiger charge is -2.24. The Kier molecular flexibility index (Phi) is 6.14. The van der Waals surface area contributed by atoms with E-state index in [1.807, 2.05) is 13.8 Å². The molecule has 0 unspecified atom stereocenters. The normalized spacial score (nSPS) is 11.2. The molecule has 0 saturated heterocycles. The summed E-state index contributed by atoms with van der Waals surface area (Å²) in [6.07, 6.45) is 0.751. The maximum atomic E-state index is 13.1. The molecule has 0 radical (unpaired) electrons. The topological polar surface area (TPSA) is 66.5 Å². The molecular weight excluding hydrogens is 343 g/mol. The van der Waals surface area contributed by atoms with Gasteiger partial charge in [-0.2, -0.15) is 0 Å². The molecule has 7 heteroatoms. The lowest BCUT2D eigenvalue weighted by molar-refractivity contribution is -0.119. The Labute approximate surface area is 147 Å². The van der Waals surface area contributed by atoms with Gasteiger partial charge in [0.15, 0.2) is 0 Å². The van der Waals surface area contributed by atoms with Crippen LogP contribution in [0.4, 0.5) is 10.1 Å². The molecule has 25 heavy (non-hydrogen) atoms. The van der Waals surface area contributed by atoms with Crippen LogP contribution in [0.1, 0.15) is 18.9 Å². The number of hydrogen-bond donors (Lipinski definition) is 1. The minimum Gasteiger partial charge on any atom is -0.355 e. The fraction of sp³-hybridized carbons (Fsp3) is 0.278. The summed E-state index contributed by atoms with van der Waals surface area (Å²) in [5.74, 6) is -0.922. The van der Waals surface area contributed by atoms with E-state index in [0.717, 1.165) is 28.4 Å². The Morgan fingerprint density at radius 2 is 1.68 bits per heavy atom. The summed E-state index contributed by atoms with van der Waals surface area (Å²) in [5, 5.41) is 2.67. The highest BCUT2D eigenvalue weighted by Crippen LogP contribution is 2.24. The Morgan fingerprint density at radius 3 is 2.24 bits per heavy atom. The minimum absolute atomic E-state index is 0.0715. The Hall–Kier alpha value is -2.41. The first-order valence-electron chi connectivity index (χ1n) is 7.96. The third-order valence-corrected chi connectivity index (χ3v) is 5.37. The molecular formula is C18H21FN2O3S. The predicted octanol–water partition coefficient (Wildman–Crippen LogP) is 2.86. The zero-order valence-corrected chi connectivity index (χ0v) is 15.0.